The fraction of sp³-hybridized carbons (Fsp3) is 1.00. The van der Waals surface area contributed by atoms with Crippen LogP contribution >= 0.6 is 0 Å². The molecule has 70 valence electrons. The summed E-state index contributed by atoms with van der Waals surface area (Å²) >= 11 is 0. The van der Waals surface area contributed by atoms with Crippen LogP contribution in [0.2, 0.25) is 0 Å². The Balaban J connectivity index is -0.0000000546. The summed E-state index contributed by atoms with van der Waals surface area (Å²) < 4.78 is 34.1. The molecule has 0 rings (SSSR count). The molecule has 0 spiro atoms. The third-order valence-electron chi connectivity index (χ3n) is 0.957. The molecule has 0 N–H and O–H groups in total. The van der Waals surface area contributed by atoms with Gasteiger partial charge >= 0.3 is 59.1 Å². The van der Waals surface area contributed by atoms with Gasteiger partial charge in [-0.2, -0.15) is 0 Å². The Morgan fingerprint density at radius 3 is 1.15 bits per heavy atom. The first-order valence-electron chi connectivity index (χ1n) is 3.58. The van der Waals surface area contributed by atoms with Gasteiger partial charge in [0.05, 0.1) is 0 Å². The maximum absolute atomic E-state index is 8.52. The largest absolute Gasteiger partial charge is 1.00 e. The molecule has 0 fully saturated rings. The monoisotopic (exact) mass is 228 g/mol. The predicted octanol–water partition coefficient (Wildman–Crippen LogP) is -4.74. The molecule has 0 unspecified atom stereocenters. The molecule has 0 atom stereocenters. The molecule has 0 radical (unpaired) electrons. The Hall–Kier alpha value is 1.87. The van der Waals surface area contributed by atoms with E-state index in [1.807, 2.05) is 0 Å². The van der Waals surface area contributed by atoms with Crippen LogP contribution in [0.5, 0.6) is 0 Å². The zero-order valence-electron chi connectivity index (χ0n) is 8.87. The van der Waals surface area contributed by atoms with E-state index in [4.69, 9.17) is 17.5 Å². The normalized spacial score (nSPS) is 8.62. The summed E-state index contributed by atoms with van der Waals surface area (Å²) in [6, 6.07) is 0. The van der Waals surface area contributed by atoms with Gasteiger partial charge in [0.25, 0.3) is 0 Å². The number of hydrogen-bond acceptors (Lipinski definition) is 4. The van der Waals surface area contributed by atoms with Crippen molar-refractivity contribution in [2.45, 2.75) is 39.5 Å². The summed E-state index contributed by atoms with van der Waals surface area (Å²) in [4.78, 5) is 0. The van der Waals surface area contributed by atoms with Crippen molar-refractivity contribution in [1.82, 2.24) is 0 Å². The van der Waals surface area contributed by atoms with E-state index in [0.717, 1.165) is 0 Å². The first-order valence-corrected chi connectivity index (χ1v) is 4.91. The van der Waals surface area contributed by atoms with Gasteiger partial charge in [0, 0.05) is 10.4 Å². The van der Waals surface area contributed by atoms with Crippen molar-refractivity contribution in [2.24, 2.45) is 0 Å². The number of unbranched alkanes of at least 4 members (excludes halogenated alkanes) is 3. The van der Waals surface area contributed by atoms with Crippen LogP contribution in [0, 0.1) is 0 Å². The SMILES string of the molecule is CCCCCC.O=S(=O)([O-])[O-].[Na+].[Na+]. The van der Waals surface area contributed by atoms with E-state index in [1.165, 1.54) is 25.7 Å². The number of rotatable bonds is 3. The fourth-order valence-electron chi connectivity index (χ4n) is 0.500. The van der Waals surface area contributed by atoms with E-state index in [-0.39, 0.29) is 59.1 Å². The van der Waals surface area contributed by atoms with E-state index in [1.54, 1.807) is 0 Å². The van der Waals surface area contributed by atoms with Crippen molar-refractivity contribution < 1.29 is 76.6 Å². The van der Waals surface area contributed by atoms with Crippen LogP contribution in [0.1, 0.15) is 39.5 Å². The Labute approximate surface area is 125 Å². The molecule has 0 amide bonds. The van der Waals surface area contributed by atoms with Crippen molar-refractivity contribution in [1.29, 1.82) is 0 Å². The van der Waals surface area contributed by atoms with Gasteiger partial charge in [0.2, 0.25) is 0 Å². The molecule has 0 aliphatic carbocycles. The van der Waals surface area contributed by atoms with Crippen LogP contribution < -0.4 is 59.1 Å². The summed E-state index contributed by atoms with van der Waals surface area (Å²) in [6.45, 7) is 4.46. The minimum atomic E-state index is -5.17. The molecule has 0 saturated heterocycles. The van der Waals surface area contributed by atoms with Gasteiger partial charge in [-0.3, -0.25) is 8.42 Å². The van der Waals surface area contributed by atoms with Crippen molar-refractivity contribution in [3.05, 3.63) is 0 Å². The molecule has 0 saturated carbocycles. The average molecular weight is 228 g/mol. The molecule has 0 aromatic carbocycles. The molecule has 0 aromatic rings. The smallest absolute Gasteiger partial charge is 0.759 e. The Morgan fingerprint density at radius 2 is 1.08 bits per heavy atom. The quantitative estimate of drug-likeness (QED) is 0.210. The summed E-state index contributed by atoms with van der Waals surface area (Å²) in [6.07, 6.45) is 5.54. The maximum Gasteiger partial charge on any atom is 1.00 e. The first kappa shape index (κ1) is 24.2. The number of hydrogen-bond donors (Lipinski definition) is 0. The second kappa shape index (κ2) is 16.3. The molecule has 13 heavy (non-hydrogen) atoms. The summed E-state index contributed by atoms with van der Waals surface area (Å²) in [5, 5.41) is 0. The van der Waals surface area contributed by atoms with Crippen LogP contribution in [0.3, 0.4) is 0 Å². The standard InChI is InChI=1S/C6H14.2Na.H2O4S/c1-3-5-6-4-2;;;1-5(2,3)4/h3-6H2,1-2H3;;;(H2,1,2,3,4)/q;2*+1;/p-2. The molecule has 0 heterocycles. The predicted molar refractivity (Wildman–Crippen MR) is 40.3 cm³/mol. The van der Waals surface area contributed by atoms with Crippen LogP contribution in [0.25, 0.3) is 0 Å². The minimum absolute atomic E-state index is 0. The summed E-state index contributed by atoms with van der Waals surface area (Å²) in [5.74, 6) is 0. The second-order valence-electron chi connectivity index (χ2n) is 2.12. The van der Waals surface area contributed by atoms with Crippen molar-refractivity contribution in [3.63, 3.8) is 0 Å². The summed E-state index contributed by atoms with van der Waals surface area (Å²) in [7, 11) is -5.17. The van der Waals surface area contributed by atoms with Crippen LogP contribution in [0.15, 0.2) is 0 Å². The van der Waals surface area contributed by atoms with Crippen LogP contribution in [-0.2, 0) is 10.4 Å². The maximum atomic E-state index is 8.52. The fourth-order valence-corrected chi connectivity index (χ4v) is 0.500. The van der Waals surface area contributed by atoms with E-state index < -0.39 is 10.4 Å². The molecular formula is C6H14Na2O4S. The van der Waals surface area contributed by atoms with Gasteiger partial charge in [0.15, 0.2) is 0 Å². The molecular weight excluding hydrogens is 214 g/mol. The van der Waals surface area contributed by atoms with E-state index in [0.29, 0.717) is 0 Å². The van der Waals surface area contributed by atoms with E-state index in [9.17, 15) is 0 Å². The van der Waals surface area contributed by atoms with Gasteiger partial charge in [-0.15, -0.1) is 0 Å². The third-order valence-corrected chi connectivity index (χ3v) is 0.957. The van der Waals surface area contributed by atoms with Gasteiger partial charge in [0.1, 0.15) is 0 Å². The van der Waals surface area contributed by atoms with E-state index >= 15 is 0 Å². The van der Waals surface area contributed by atoms with Gasteiger partial charge in [-0.1, -0.05) is 39.5 Å². The Morgan fingerprint density at radius 1 is 0.923 bits per heavy atom. The molecule has 0 aliphatic rings. The summed E-state index contributed by atoms with van der Waals surface area (Å²) in [5.41, 5.74) is 0. The van der Waals surface area contributed by atoms with Crippen molar-refractivity contribution in [2.75, 3.05) is 0 Å². The zero-order chi connectivity index (χ0) is 9.33. The van der Waals surface area contributed by atoms with E-state index in [2.05, 4.69) is 13.8 Å². The van der Waals surface area contributed by atoms with Crippen LogP contribution in [-0.4, -0.2) is 17.5 Å². The van der Waals surface area contributed by atoms with Crippen molar-refractivity contribution in [3.8, 4) is 0 Å². The van der Waals surface area contributed by atoms with Gasteiger partial charge < -0.3 is 9.11 Å². The molecule has 0 bridgehead atoms. The Bertz CT molecular complexity index is 146. The topological polar surface area (TPSA) is 80.3 Å². The molecule has 7 heteroatoms. The second-order valence-corrected chi connectivity index (χ2v) is 2.93. The van der Waals surface area contributed by atoms with Crippen molar-refractivity contribution >= 4 is 10.4 Å². The van der Waals surface area contributed by atoms with Crippen LogP contribution in [0.4, 0.5) is 0 Å². The first-order chi connectivity index (χ1) is 4.91. The van der Waals surface area contributed by atoms with Gasteiger partial charge in [-0.05, 0) is 0 Å². The molecule has 0 aliphatic heterocycles. The average Bonchev–Trinajstić information content (AvgIpc) is 1.79. The molecule has 4 nitrogen and oxygen atoms in total. The minimum Gasteiger partial charge on any atom is -0.759 e. The Kier molecular flexibility index (Phi) is 30.4. The molecule has 0 aromatic heterocycles. The zero-order valence-corrected chi connectivity index (χ0v) is 13.7. The van der Waals surface area contributed by atoms with Gasteiger partial charge in [-0.25, -0.2) is 0 Å². The third kappa shape index (κ3) is 82.4.